The fourth-order valence-electron chi connectivity index (χ4n) is 1.04. The van der Waals surface area contributed by atoms with Crippen LogP contribution in [0.1, 0.15) is 5.56 Å². The van der Waals surface area contributed by atoms with Crippen LogP contribution < -0.4 is 11.1 Å². The average molecular weight is 208 g/mol. The summed E-state index contributed by atoms with van der Waals surface area (Å²) in [5.41, 5.74) is 6.57. The van der Waals surface area contributed by atoms with Crippen molar-refractivity contribution in [2.45, 2.75) is 13.0 Å². The minimum Gasteiger partial charge on any atom is -0.480 e. The summed E-state index contributed by atoms with van der Waals surface area (Å²) in [7, 11) is 0. The number of nitrogens with one attached hydrogen (secondary N) is 1. The Morgan fingerprint density at radius 2 is 2.00 bits per heavy atom. The van der Waals surface area contributed by atoms with Gasteiger partial charge in [0.05, 0.1) is 0 Å². The van der Waals surface area contributed by atoms with Crippen LogP contribution in [0.3, 0.4) is 0 Å². The van der Waals surface area contributed by atoms with Gasteiger partial charge in [0, 0.05) is 5.69 Å². The first-order chi connectivity index (χ1) is 7.02. The van der Waals surface area contributed by atoms with E-state index in [9.17, 15) is 9.59 Å². The van der Waals surface area contributed by atoms with Crippen molar-refractivity contribution in [3.05, 3.63) is 29.8 Å². The molecule has 1 rings (SSSR count). The summed E-state index contributed by atoms with van der Waals surface area (Å²) in [6, 6.07) is 5.52. The van der Waals surface area contributed by atoms with E-state index in [1.54, 1.807) is 12.1 Å². The van der Waals surface area contributed by atoms with Gasteiger partial charge in [-0.2, -0.15) is 0 Å². The number of aliphatic carboxylic acids is 1. The minimum atomic E-state index is -1.54. The molecule has 1 atom stereocenters. The van der Waals surface area contributed by atoms with E-state index in [2.05, 4.69) is 5.32 Å². The Morgan fingerprint density at radius 1 is 1.40 bits per heavy atom. The second kappa shape index (κ2) is 4.56. The van der Waals surface area contributed by atoms with E-state index in [1.807, 2.05) is 19.1 Å². The molecule has 0 aliphatic rings. The molecule has 0 saturated heterocycles. The van der Waals surface area contributed by atoms with Crippen molar-refractivity contribution in [2.75, 3.05) is 5.32 Å². The molecule has 80 valence electrons. The number of carboxylic acid groups (broad SMARTS) is 1. The average Bonchev–Trinajstić information content (AvgIpc) is 2.20. The first-order valence-electron chi connectivity index (χ1n) is 4.37. The first-order valence-corrected chi connectivity index (χ1v) is 4.37. The number of anilines is 1. The summed E-state index contributed by atoms with van der Waals surface area (Å²) in [6.45, 7) is 1.81. The van der Waals surface area contributed by atoms with Crippen LogP contribution >= 0.6 is 0 Å². The number of rotatable bonds is 3. The van der Waals surface area contributed by atoms with Gasteiger partial charge in [-0.25, -0.2) is 4.79 Å². The van der Waals surface area contributed by atoms with E-state index in [0.717, 1.165) is 5.56 Å². The molecule has 0 heterocycles. The lowest BCUT2D eigenvalue weighted by atomic mass is 10.2. The minimum absolute atomic E-state index is 0.569. The van der Waals surface area contributed by atoms with Gasteiger partial charge in [0.25, 0.3) is 5.91 Å². The van der Waals surface area contributed by atoms with Crippen molar-refractivity contribution in [3.8, 4) is 0 Å². The van der Waals surface area contributed by atoms with Gasteiger partial charge in [-0.05, 0) is 18.6 Å². The van der Waals surface area contributed by atoms with Gasteiger partial charge in [0.15, 0.2) is 6.04 Å². The molecule has 0 radical (unpaired) electrons. The highest BCUT2D eigenvalue weighted by Crippen LogP contribution is 2.12. The van der Waals surface area contributed by atoms with Crippen molar-refractivity contribution < 1.29 is 14.7 Å². The standard InChI is InChI=1S/C10H12N2O3/c1-6-4-2-3-5-7(6)12-9(13)8(11)10(14)15/h2-5,8H,11H2,1H3,(H,12,13)(H,14,15). The number of para-hydroxylation sites is 1. The molecule has 1 aromatic carbocycles. The molecule has 1 amide bonds. The van der Waals surface area contributed by atoms with Gasteiger partial charge < -0.3 is 16.2 Å². The SMILES string of the molecule is Cc1ccccc1NC(=O)C(N)C(=O)O. The topological polar surface area (TPSA) is 92.4 Å². The Kier molecular flexibility index (Phi) is 3.41. The number of hydrogen-bond donors (Lipinski definition) is 3. The highest BCUT2D eigenvalue weighted by molar-refractivity contribution is 6.07. The molecule has 15 heavy (non-hydrogen) atoms. The summed E-state index contributed by atoms with van der Waals surface area (Å²) in [5, 5.41) is 11.0. The number of amides is 1. The van der Waals surface area contributed by atoms with Crippen molar-refractivity contribution in [1.82, 2.24) is 0 Å². The van der Waals surface area contributed by atoms with Crippen molar-refractivity contribution in [2.24, 2.45) is 5.73 Å². The zero-order valence-corrected chi connectivity index (χ0v) is 8.23. The zero-order valence-electron chi connectivity index (χ0n) is 8.23. The van der Waals surface area contributed by atoms with Gasteiger partial charge >= 0.3 is 5.97 Å². The number of nitrogens with two attached hydrogens (primary N) is 1. The Balaban J connectivity index is 2.75. The molecule has 0 bridgehead atoms. The van der Waals surface area contributed by atoms with E-state index in [-0.39, 0.29) is 0 Å². The van der Waals surface area contributed by atoms with E-state index in [0.29, 0.717) is 5.69 Å². The van der Waals surface area contributed by atoms with Gasteiger partial charge in [0.2, 0.25) is 0 Å². The Morgan fingerprint density at radius 3 is 2.53 bits per heavy atom. The highest BCUT2D eigenvalue weighted by atomic mass is 16.4. The number of carboxylic acids is 1. The van der Waals surface area contributed by atoms with Crippen LogP contribution in [0.2, 0.25) is 0 Å². The molecule has 5 heteroatoms. The predicted molar refractivity (Wildman–Crippen MR) is 55.4 cm³/mol. The maximum absolute atomic E-state index is 11.3. The summed E-state index contributed by atoms with van der Waals surface area (Å²) >= 11 is 0. The highest BCUT2D eigenvalue weighted by Gasteiger charge is 2.21. The molecule has 0 saturated carbocycles. The monoisotopic (exact) mass is 208 g/mol. The fourth-order valence-corrected chi connectivity index (χ4v) is 1.04. The van der Waals surface area contributed by atoms with Crippen molar-refractivity contribution in [1.29, 1.82) is 0 Å². The van der Waals surface area contributed by atoms with Crippen LogP contribution in [-0.2, 0) is 9.59 Å². The van der Waals surface area contributed by atoms with E-state index in [1.165, 1.54) is 0 Å². The predicted octanol–water partition coefficient (Wildman–Crippen LogP) is 0.345. The molecule has 0 aliphatic heterocycles. The van der Waals surface area contributed by atoms with Gasteiger partial charge in [0.1, 0.15) is 0 Å². The van der Waals surface area contributed by atoms with Crippen LogP contribution in [0, 0.1) is 6.92 Å². The largest absolute Gasteiger partial charge is 0.480 e. The molecule has 0 aromatic heterocycles. The molecule has 0 aliphatic carbocycles. The molecule has 0 spiro atoms. The first kappa shape index (κ1) is 11.2. The number of hydrogen-bond acceptors (Lipinski definition) is 3. The van der Waals surface area contributed by atoms with Gasteiger partial charge in [-0.1, -0.05) is 18.2 Å². The number of carbonyl (C=O) groups is 2. The summed E-state index contributed by atoms with van der Waals surface area (Å²) in [4.78, 5) is 21.7. The number of benzene rings is 1. The molecule has 0 fully saturated rings. The Hall–Kier alpha value is -1.88. The normalized spacial score (nSPS) is 11.9. The molecule has 1 unspecified atom stereocenters. The molecular weight excluding hydrogens is 196 g/mol. The third-order valence-electron chi connectivity index (χ3n) is 1.95. The number of aryl methyl sites for hydroxylation is 1. The molecular formula is C10H12N2O3. The van der Waals surface area contributed by atoms with Crippen LogP contribution in [0.15, 0.2) is 24.3 Å². The van der Waals surface area contributed by atoms with Crippen molar-refractivity contribution >= 4 is 17.6 Å². The van der Waals surface area contributed by atoms with Crippen LogP contribution in [-0.4, -0.2) is 23.0 Å². The molecule has 4 N–H and O–H groups in total. The second-order valence-corrected chi connectivity index (χ2v) is 3.12. The van der Waals surface area contributed by atoms with Gasteiger partial charge in [-0.3, -0.25) is 4.79 Å². The fraction of sp³-hybridized carbons (Fsp3) is 0.200. The zero-order chi connectivity index (χ0) is 11.4. The van der Waals surface area contributed by atoms with Crippen LogP contribution in [0.4, 0.5) is 5.69 Å². The lowest BCUT2D eigenvalue weighted by molar-refractivity contribution is -0.141. The van der Waals surface area contributed by atoms with Gasteiger partial charge in [-0.15, -0.1) is 0 Å². The third-order valence-corrected chi connectivity index (χ3v) is 1.95. The summed E-state index contributed by atoms with van der Waals surface area (Å²) in [5.74, 6) is -2.07. The van der Waals surface area contributed by atoms with E-state index >= 15 is 0 Å². The quantitative estimate of drug-likeness (QED) is 0.625. The van der Waals surface area contributed by atoms with Crippen LogP contribution in [0.5, 0.6) is 0 Å². The summed E-state index contributed by atoms with van der Waals surface area (Å²) < 4.78 is 0. The lowest BCUT2D eigenvalue weighted by Crippen LogP contribution is -2.42. The molecule has 1 aromatic rings. The maximum Gasteiger partial charge on any atom is 0.330 e. The van der Waals surface area contributed by atoms with E-state index < -0.39 is 17.9 Å². The Labute approximate surface area is 86.9 Å². The van der Waals surface area contributed by atoms with E-state index in [4.69, 9.17) is 10.8 Å². The van der Waals surface area contributed by atoms with Crippen LogP contribution in [0.25, 0.3) is 0 Å². The third kappa shape index (κ3) is 2.78. The maximum atomic E-state index is 11.3. The Bertz CT molecular complexity index is 390. The van der Waals surface area contributed by atoms with Crippen molar-refractivity contribution in [3.63, 3.8) is 0 Å². The smallest absolute Gasteiger partial charge is 0.330 e. The summed E-state index contributed by atoms with van der Waals surface area (Å²) in [6.07, 6.45) is 0. The molecule has 5 nitrogen and oxygen atoms in total. The lowest BCUT2D eigenvalue weighted by Gasteiger charge is -2.10. The number of carbonyl (C=O) groups excluding carboxylic acids is 1. The second-order valence-electron chi connectivity index (χ2n) is 3.12.